The second-order valence-electron chi connectivity index (χ2n) is 3.48. The second kappa shape index (κ2) is 4.33. The zero-order chi connectivity index (χ0) is 9.97. The largest absolute Gasteiger partial charge is 0.481 e. The van der Waals surface area contributed by atoms with E-state index in [0.717, 1.165) is 9.26 Å². The van der Waals surface area contributed by atoms with Crippen LogP contribution in [0.4, 0.5) is 5.69 Å². The summed E-state index contributed by atoms with van der Waals surface area (Å²) < 4.78 is 6.24. The lowest BCUT2D eigenvalue weighted by molar-refractivity contribution is 0.397. The molecule has 0 aromatic carbocycles. The van der Waals surface area contributed by atoms with Gasteiger partial charge in [-0.05, 0) is 41.9 Å². The summed E-state index contributed by atoms with van der Waals surface area (Å²) in [5.74, 6) is 0.673. The molecule has 4 heteroatoms. The fraction of sp³-hybridized carbons (Fsp3) is 0.500. The predicted molar refractivity (Wildman–Crippen MR) is 64.8 cm³/mol. The van der Waals surface area contributed by atoms with Gasteiger partial charge in [-0.15, -0.1) is 0 Å². The van der Waals surface area contributed by atoms with E-state index in [1.807, 2.05) is 12.3 Å². The summed E-state index contributed by atoms with van der Waals surface area (Å²) in [5, 5.41) is 3.49. The average molecular weight is 304 g/mol. The third-order valence-corrected chi connectivity index (χ3v) is 3.36. The van der Waals surface area contributed by atoms with Gasteiger partial charge in [-0.2, -0.15) is 0 Å². The number of hydrogen-bond acceptors (Lipinski definition) is 3. The van der Waals surface area contributed by atoms with Gasteiger partial charge in [-0.25, -0.2) is 4.98 Å². The highest BCUT2D eigenvalue weighted by Gasteiger charge is 2.18. The molecule has 0 radical (unpaired) electrons. The van der Waals surface area contributed by atoms with E-state index in [1.54, 1.807) is 7.11 Å². The highest BCUT2D eigenvalue weighted by molar-refractivity contribution is 14.1. The van der Waals surface area contributed by atoms with Gasteiger partial charge in [0.25, 0.3) is 0 Å². The molecule has 1 fully saturated rings. The molecule has 1 aliphatic carbocycles. The summed E-state index contributed by atoms with van der Waals surface area (Å²) in [5.41, 5.74) is 1.14. The van der Waals surface area contributed by atoms with Crippen molar-refractivity contribution in [2.45, 2.75) is 25.3 Å². The van der Waals surface area contributed by atoms with Crippen molar-refractivity contribution in [2.24, 2.45) is 0 Å². The fourth-order valence-electron chi connectivity index (χ4n) is 1.41. The molecule has 3 nitrogen and oxygen atoms in total. The molecule has 0 aliphatic heterocycles. The van der Waals surface area contributed by atoms with Crippen LogP contribution in [0.3, 0.4) is 0 Å². The van der Waals surface area contributed by atoms with Crippen molar-refractivity contribution in [1.29, 1.82) is 0 Å². The number of ether oxygens (including phenoxy) is 1. The van der Waals surface area contributed by atoms with Crippen LogP contribution in [0.2, 0.25) is 0 Å². The maximum atomic E-state index is 5.09. The van der Waals surface area contributed by atoms with Crippen LogP contribution in [0, 0.1) is 3.57 Å². The van der Waals surface area contributed by atoms with Crippen molar-refractivity contribution in [3.63, 3.8) is 0 Å². The van der Waals surface area contributed by atoms with Crippen molar-refractivity contribution in [3.8, 4) is 5.88 Å². The molecule has 14 heavy (non-hydrogen) atoms. The molecule has 0 unspecified atom stereocenters. The van der Waals surface area contributed by atoms with Crippen molar-refractivity contribution in [2.75, 3.05) is 12.4 Å². The number of nitrogens with one attached hydrogen (secondary N) is 1. The Hall–Kier alpha value is -0.520. The predicted octanol–water partition coefficient (Wildman–Crippen LogP) is 2.66. The summed E-state index contributed by atoms with van der Waals surface area (Å²) in [6.07, 6.45) is 5.73. The zero-order valence-electron chi connectivity index (χ0n) is 8.09. The van der Waals surface area contributed by atoms with Crippen LogP contribution in [0.5, 0.6) is 5.88 Å². The lowest BCUT2D eigenvalue weighted by Gasteiger charge is -2.28. The number of hydrogen-bond donors (Lipinski definition) is 1. The van der Waals surface area contributed by atoms with Gasteiger partial charge >= 0.3 is 0 Å². The topological polar surface area (TPSA) is 34.1 Å². The summed E-state index contributed by atoms with van der Waals surface area (Å²) >= 11 is 2.29. The van der Waals surface area contributed by atoms with E-state index < -0.39 is 0 Å². The standard InChI is InChI=1S/C10H13IN2O/c1-14-10-5-9(8(11)6-12-10)13-7-3-2-4-7/h5-7H,2-4H2,1H3,(H,12,13). The molecular weight excluding hydrogens is 291 g/mol. The Morgan fingerprint density at radius 3 is 2.93 bits per heavy atom. The fourth-order valence-corrected chi connectivity index (χ4v) is 1.86. The van der Waals surface area contributed by atoms with Crippen molar-refractivity contribution >= 4 is 28.3 Å². The number of aromatic nitrogens is 1. The van der Waals surface area contributed by atoms with E-state index >= 15 is 0 Å². The maximum Gasteiger partial charge on any atom is 0.215 e. The van der Waals surface area contributed by atoms with Gasteiger partial charge < -0.3 is 10.1 Å². The molecule has 76 valence electrons. The minimum atomic E-state index is 0.649. The van der Waals surface area contributed by atoms with Crippen LogP contribution in [0.15, 0.2) is 12.3 Å². The van der Waals surface area contributed by atoms with E-state index in [1.165, 1.54) is 19.3 Å². The molecule has 2 rings (SSSR count). The molecule has 1 N–H and O–H groups in total. The Balaban J connectivity index is 2.13. The molecule has 0 spiro atoms. The van der Waals surface area contributed by atoms with Crippen LogP contribution in [0.25, 0.3) is 0 Å². The Morgan fingerprint density at radius 1 is 1.57 bits per heavy atom. The lowest BCUT2D eigenvalue weighted by atomic mass is 9.93. The number of methoxy groups -OCH3 is 1. The molecule has 1 aromatic rings. The van der Waals surface area contributed by atoms with E-state index in [2.05, 4.69) is 32.9 Å². The van der Waals surface area contributed by atoms with Gasteiger partial charge in [0.15, 0.2) is 0 Å². The van der Waals surface area contributed by atoms with E-state index in [-0.39, 0.29) is 0 Å². The lowest BCUT2D eigenvalue weighted by Crippen LogP contribution is -2.27. The Morgan fingerprint density at radius 2 is 2.36 bits per heavy atom. The number of pyridine rings is 1. The summed E-state index contributed by atoms with van der Waals surface area (Å²) in [4.78, 5) is 4.14. The first-order valence-electron chi connectivity index (χ1n) is 4.75. The first-order chi connectivity index (χ1) is 6.79. The van der Waals surface area contributed by atoms with Crippen molar-refractivity contribution in [3.05, 3.63) is 15.8 Å². The zero-order valence-corrected chi connectivity index (χ0v) is 10.2. The molecule has 0 saturated heterocycles. The maximum absolute atomic E-state index is 5.09. The van der Waals surface area contributed by atoms with Gasteiger partial charge in [-0.1, -0.05) is 0 Å². The normalized spacial score (nSPS) is 16.1. The molecule has 1 saturated carbocycles. The monoisotopic (exact) mass is 304 g/mol. The minimum Gasteiger partial charge on any atom is -0.481 e. The van der Waals surface area contributed by atoms with Gasteiger partial charge in [0, 0.05) is 18.3 Å². The van der Waals surface area contributed by atoms with Crippen LogP contribution in [-0.4, -0.2) is 18.1 Å². The van der Waals surface area contributed by atoms with E-state index in [4.69, 9.17) is 4.74 Å². The van der Waals surface area contributed by atoms with E-state index in [0.29, 0.717) is 11.9 Å². The number of rotatable bonds is 3. The first-order valence-corrected chi connectivity index (χ1v) is 5.83. The third kappa shape index (κ3) is 2.10. The van der Waals surface area contributed by atoms with Gasteiger partial charge in [0.05, 0.1) is 16.4 Å². The highest BCUT2D eigenvalue weighted by atomic mass is 127. The number of halogens is 1. The molecule has 1 aromatic heterocycles. The summed E-state index contributed by atoms with van der Waals surface area (Å²) in [6.45, 7) is 0. The minimum absolute atomic E-state index is 0.649. The van der Waals surface area contributed by atoms with Gasteiger partial charge in [0.2, 0.25) is 5.88 Å². The van der Waals surface area contributed by atoms with Crippen molar-refractivity contribution < 1.29 is 4.74 Å². The molecule has 0 atom stereocenters. The molecule has 1 heterocycles. The van der Waals surface area contributed by atoms with Gasteiger partial charge in [-0.3, -0.25) is 0 Å². The summed E-state index contributed by atoms with van der Waals surface area (Å²) in [6, 6.07) is 2.61. The third-order valence-electron chi connectivity index (χ3n) is 2.50. The SMILES string of the molecule is COc1cc(NC2CCC2)c(I)cn1. The summed E-state index contributed by atoms with van der Waals surface area (Å²) in [7, 11) is 1.64. The number of nitrogens with zero attached hydrogens (tertiary/aromatic N) is 1. The van der Waals surface area contributed by atoms with E-state index in [9.17, 15) is 0 Å². The molecule has 0 amide bonds. The Bertz CT molecular complexity index is 326. The smallest absolute Gasteiger partial charge is 0.215 e. The van der Waals surface area contributed by atoms with Crippen LogP contribution in [0.1, 0.15) is 19.3 Å². The Labute approximate surface area is 97.4 Å². The quantitative estimate of drug-likeness (QED) is 0.872. The molecular formula is C10H13IN2O. The highest BCUT2D eigenvalue weighted by Crippen LogP contribution is 2.27. The average Bonchev–Trinajstić information content (AvgIpc) is 2.14. The first kappa shape index (κ1) is 10.0. The molecule has 1 aliphatic rings. The van der Waals surface area contributed by atoms with Gasteiger partial charge in [0.1, 0.15) is 0 Å². The Kier molecular flexibility index (Phi) is 3.10. The van der Waals surface area contributed by atoms with Crippen LogP contribution >= 0.6 is 22.6 Å². The molecule has 0 bridgehead atoms. The van der Waals surface area contributed by atoms with Crippen LogP contribution < -0.4 is 10.1 Å². The number of anilines is 1. The second-order valence-corrected chi connectivity index (χ2v) is 4.64. The van der Waals surface area contributed by atoms with Crippen molar-refractivity contribution in [1.82, 2.24) is 4.98 Å². The van der Waals surface area contributed by atoms with Crippen LogP contribution in [-0.2, 0) is 0 Å².